The third-order valence-corrected chi connectivity index (χ3v) is 4.85. The van der Waals surface area contributed by atoms with Crippen LogP contribution in [0.1, 0.15) is 36.5 Å². The van der Waals surface area contributed by atoms with Gasteiger partial charge in [0.15, 0.2) is 0 Å². The first-order valence-corrected chi connectivity index (χ1v) is 7.80. The van der Waals surface area contributed by atoms with Crippen LogP contribution in [0, 0.1) is 17.8 Å². The molecule has 2 fully saturated rings. The molecule has 0 spiro atoms. The average Bonchev–Trinajstić information content (AvgIpc) is 2.72. The van der Waals surface area contributed by atoms with Crippen LogP contribution in [0.15, 0.2) is 24.3 Å². The maximum atomic E-state index is 12.4. The van der Waals surface area contributed by atoms with Crippen LogP contribution in [0.3, 0.4) is 0 Å². The summed E-state index contributed by atoms with van der Waals surface area (Å²) in [5, 5.41) is 1.17. The van der Waals surface area contributed by atoms with Crippen LogP contribution in [0.25, 0.3) is 0 Å². The highest BCUT2D eigenvalue weighted by molar-refractivity contribution is 6.33. The summed E-state index contributed by atoms with van der Waals surface area (Å²) >= 11 is 5.97. The second kappa shape index (κ2) is 5.72. The molecule has 5 nitrogen and oxygen atoms in total. The second-order valence-corrected chi connectivity index (χ2v) is 6.47. The molecule has 1 saturated carbocycles. The van der Waals surface area contributed by atoms with Gasteiger partial charge in [-0.1, -0.05) is 30.7 Å². The highest BCUT2D eigenvalue weighted by Crippen LogP contribution is 2.39. The summed E-state index contributed by atoms with van der Waals surface area (Å²) in [4.78, 5) is 37.0. The predicted octanol–water partition coefficient (Wildman–Crippen LogP) is 2.41. The van der Waals surface area contributed by atoms with Crippen molar-refractivity contribution in [3.05, 3.63) is 34.9 Å². The Balaban J connectivity index is 1.78. The third kappa shape index (κ3) is 2.50. The van der Waals surface area contributed by atoms with Gasteiger partial charge < -0.3 is 0 Å². The minimum atomic E-state index is -0.543. The maximum absolute atomic E-state index is 12.4. The zero-order valence-corrected chi connectivity index (χ0v) is 13.0. The molecule has 1 aromatic rings. The Morgan fingerprint density at radius 2 is 1.86 bits per heavy atom. The smallest absolute Gasteiger partial charge is 0.271 e. The molecule has 3 atom stereocenters. The van der Waals surface area contributed by atoms with E-state index < -0.39 is 5.91 Å². The molecule has 2 aliphatic rings. The van der Waals surface area contributed by atoms with Gasteiger partial charge in [0.2, 0.25) is 0 Å². The summed E-state index contributed by atoms with van der Waals surface area (Å²) in [6.45, 7) is 2.08. The first-order valence-electron chi connectivity index (χ1n) is 7.42. The fraction of sp³-hybridized carbons (Fsp3) is 0.438. The largest absolute Gasteiger partial charge is 0.272 e. The summed E-state index contributed by atoms with van der Waals surface area (Å²) in [7, 11) is 0. The fourth-order valence-corrected chi connectivity index (χ4v) is 3.53. The highest BCUT2D eigenvalue weighted by Gasteiger charge is 2.50. The lowest BCUT2D eigenvalue weighted by molar-refractivity contribution is -0.142. The van der Waals surface area contributed by atoms with Crippen molar-refractivity contribution >= 4 is 29.3 Å². The van der Waals surface area contributed by atoms with Crippen molar-refractivity contribution in [2.75, 3.05) is 0 Å². The molecule has 0 aromatic heterocycles. The van der Waals surface area contributed by atoms with Gasteiger partial charge in [-0.05, 0) is 37.3 Å². The van der Waals surface area contributed by atoms with E-state index in [9.17, 15) is 14.4 Å². The number of amides is 3. The number of carbonyl (C=O) groups is 3. The van der Waals surface area contributed by atoms with Crippen LogP contribution in [-0.4, -0.2) is 22.7 Å². The maximum Gasteiger partial charge on any atom is 0.271 e. The summed E-state index contributed by atoms with van der Waals surface area (Å²) in [6.07, 6.45) is 2.34. The van der Waals surface area contributed by atoms with E-state index in [-0.39, 0.29) is 34.2 Å². The molecule has 1 aliphatic heterocycles. The van der Waals surface area contributed by atoms with Gasteiger partial charge in [-0.3, -0.25) is 19.8 Å². The Morgan fingerprint density at radius 1 is 1.18 bits per heavy atom. The number of hydrogen-bond donors (Lipinski definition) is 1. The highest BCUT2D eigenvalue weighted by atomic mass is 35.5. The summed E-state index contributed by atoms with van der Waals surface area (Å²) < 4.78 is 0. The van der Waals surface area contributed by atoms with Gasteiger partial charge in [-0.2, -0.15) is 5.01 Å². The van der Waals surface area contributed by atoms with Gasteiger partial charge in [0.1, 0.15) is 0 Å². The Morgan fingerprint density at radius 3 is 2.59 bits per heavy atom. The molecule has 1 saturated heterocycles. The minimum absolute atomic E-state index is 0.244. The van der Waals surface area contributed by atoms with E-state index >= 15 is 0 Å². The summed E-state index contributed by atoms with van der Waals surface area (Å²) in [5.41, 5.74) is 2.66. The van der Waals surface area contributed by atoms with Gasteiger partial charge in [-0.25, -0.2) is 0 Å². The lowest BCUT2D eigenvalue weighted by atomic mass is 9.76. The van der Waals surface area contributed by atoms with E-state index in [1.165, 1.54) is 0 Å². The van der Waals surface area contributed by atoms with Crippen molar-refractivity contribution in [1.82, 2.24) is 10.4 Å². The van der Waals surface area contributed by atoms with Crippen molar-refractivity contribution in [1.29, 1.82) is 0 Å². The first-order chi connectivity index (χ1) is 10.5. The van der Waals surface area contributed by atoms with E-state index in [1.807, 2.05) is 0 Å². The Bertz CT molecular complexity index is 646. The zero-order chi connectivity index (χ0) is 15.9. The van der Waals surface area contributed by atoms with Crippen LogP contribution in [0.2, 0.25) is 5.02 Å². The molecule has 1 aromatic carbocycles. The molecule has 116 valence electrons. The Hall–Kier alpha value is -1.88. The monoisotopic (exact) mass is 320 g/mol. The van der Waals surface area contributed by atoms with Crippen molar-refractivity contribution in [2.24, 2.45) is 17.8 Å². The van der Waals surface area contributed by atoms with Gasteiger partial charge >= 0.3 is 0 Å². The number of hydrazine groups is 1. The molecule has 1 N–H and O–H groups in total. The molecule has 3 amide bonds. The standard InChI is InChI=1S/C16H17ClN2O3/c1-9-6-7-10-12(8-9)16(22)19(15(10)21)18-14(20)11-4-2-3-5-13(11)17/h2-5,9-10,12H,6-8H2,1H3,(H,18,20)/t9-,10-,12+/m1/s1. The van der Waals surface area contributed by atoms with Gasteiger partial charge in [0.25, 0.3) is 17.7 Å². The lowest BCUT2D eigenvalue weighted by Crippen LogP contribution is -2.46. The van der Waals surface area contributed by atoms with Gasteiger partial charge in [0.05, 0.1) is 22.4 Å². The quantitative estimate of drug-likeness (QED) is 0.851. The van der Waals surface area contributed by atoms with Crippen molar-refractivity contribution in [2.45, 2.75) is 26.2 Å². The number of carbonyl (C=O) groups excluding carboxylic acids is 3. The normalized spacial score (nSPS) is 27.7. The predicted molar refractivity (Wildman–Crippen MR) is 80.8 cm³/mol. The number of rotatable bonds is 2. The van der Waals surface area contributed by atoms with E-state index in [2.05, 4.69) is 12.3 Å². The minimum Gasteiger partial charge on any atom is -0.272 e. The van der Waals surface area contributed by atoms with E-state index in [0.29, 0.717) is 18.8 Å². The number of halogens is 1. The number of hydrogen-bond acceptors (Lipinski definition) is 3. The molecule has 22 heavy (non-hydrogen) atoms. The molecular weight excluding hydrogens is 304 g/mol. The first kappa shape index (κ1) is 15.0. The Kier molecular flexibility index (Phi) is 3.91. The zero-order valence-electron chi connectivity index (χ0n) is 12.2. The molecule has 0 unspecified atom stereocenters. The summed E-state index contributed by atoms with van der Waals surface area (Å²) in [5.74, 6) is -1.32. The number of benzene rings is 1. The fourth-order valence-electron chi connectivity index (χ4n) is 3.31. The Labute approximate surface area is 133 Å². The van der Waals surface area contributed by atoms with Crippen LogP contribution in [0.5, 0.6) is 0 Å². The van der Waals surface area contributed by atoms with Crippen molar-refractivity contribution in [3.8, 4) is 0 Å². The van der Waals surface area contributed by atoms with Crippen LogP contribution >= 0.6 is 11.6 Å². The molecule has 0 radical (unpaired) electrons. The molecular formula is C16H17ClN2O3. The molecule has 1 heterocycles. The lowest BCUT2D eigenvalue weighted by Gasteiger charge is -2.25. The molecule has 0 bridgehead atoms. The van der Waals surface area contributed by atoms with E-state index in [4.69, 9.17) is 11.6 Å². The van der Waals surface area contributed by atoms with E-state index in [1.54, 1.807) is 24.3 Å². The van der Waals surface area contributed by atoms with Crippen LogP contribution in [-0.2, 0) is 9.59 Å². The third-order valence-electron chi connectivity index (χ3n) is 4.52. The SMILES string of the molecule is C[C@@H]1CC[C@H]2C(=O)N(NC(=O)c3ccccc3Cl)C(=O)[C@H]2C1. The van der Waals surface area contributed by atoms with Crippen molar-refractivity contribution < 1.29 is 14.4 Å². The number of nitrogens with zero attached hydrogens (tertiary/aromatic N) is 1. The average molecular weight is 321 g/mol. The van der Waals surface area contributed by atoms with Crippen LogP contribution < -0.4 is 5.43 Å². The second-order valence-electron chi connectivity index (χ2n) is 6.06. The molecule has 6 heteroatoms. The summed E-state index contributed by atoms with van der Waals surface area (Å²) in [6, 6.07) is 6.53. The van der Waals surface area contributed by atoms with E-state index in [0.717, 1.165) is 11.4 Å². The van der Waals surface area contributed by atoms with Crippen molar-refractivity contribution in [3.63, 3.8) is 0 Å². The molecule has 1 aliphatic carbocycles. The van der Waals surface area contributed by atoms with Gasteiger partial charge in [-0.15, -0.1) is 0 Å². The number of imide groups is 1. The number of nitrogens with one attached hydrogen (secondary N) is 1. The number of fused-ring (bicyclic) bond motifs is 1. The van der Waals surface area contributed by atoms with Gasteiger partial charge in [0, 0.05) is 0 Å². The molecule has 3 rings (SSSR count). The topological polar surface area (TPSA) is 66.5 Å². The van der Waals surface area contributed by atoms with Crippen LogP contribution in [0.4, 0.5) is 0 Å².